The number of ether oxygens (including phenoxy) is 2. The van der Waals surface area contributed by atoms with Crippen LogP contribution in [0.25, 0.3) is 0 Å². The molecule has 0 aliphatic carbocycles. The second-order valence-electron chi connectivity index (χ2n) is 6.89. The van der Waals surface area contributed by atoms with Gasteiger partial charge in [-0.3, -0.25) is 0 Å². The Morgan fingerprint density at radius 2 is 1.84 bits per heavy atom. The van der Waals surface area contributed by atoms with Crippen molar-refractivity contribution in [2.45, 2.75) is 27.2 Å². The monoisotopic (exact) mass is 343 g/mol. The largest absolute Gasteiger partial charge is 0.454 e. The molecule has 25 heavy (non-hydrogen) atoms. The number of hydrogen-bond acceptors (Lipinski definition) is 7. The molecular formula is C18H25N5O2. The van der Waals surface area contributed by atoms with E-state index < -0.39 is 0 Å². The summed E-state index contributed by atoms with van der Waals surface area (Å²) in [5.74, 6) is 4.51. The second-order valence-corrected chi connectivity index (χ2v) is 6.89. The molecule has 0 bridgehead atoms. The van der Waals surface area contributed by atoms with Crippen LogP contribution in [-0.2, 0) is 6.42 Å². The molecule has 1 aromatic heterocycles. The van der Waals surface area contributed by atoms with Gasteiger partial charge in [0.2, 0.25) is 18.7 Å². The summed E-state index contributed by atoms with van der Waals surface area (Å²) >= 11 is 0. The van der Waals surface area contributed by atoms with Crippen molar-refractivity contribution >= 4 is 17.6 Å². The van der Waals surface area contributed by atoms with Gasteiger partial charge in [-0.15, -0.1) is 0 Å². The molecule has 1 aromatic carbocycles. The van der Waals surface area contributed by atoms with Crippen molar-refractivity contribution < 1.29 is 9.47 Å². The van der Waals surface area contributed by atoms with Crippen molar-refractivity contribution in [3.8, 4) is 11.5 Å². The lowest BCUT2D eigenvalue weighted by Crippen LogP contribution is -2.18. The first-order valence-corrected chi connectivity index (χ1v) is 8.51. The second kappa shape index (κ2) is 7.13. The van der Waals surface area contributed by atoms with Crippen LogP contribution in [0.2, 0.25) is 0 Å². The molecule has 134 valence electrons. The zero-order valence-corrected chi connectivity index (χ0v) is 15.4. The predicted molar refractivity (Wildman–Crippen MR) is 97.7 cm³/mol. The van der Waals surface area contributed by atoms with Gasteiger partial charge in [0.1, 0.15) is 5.82 Å². The number of nitrogens with zero attached hydrogens (tertiary/aromatic N) is 4. The molecule has 1 aliphatic heterocycles. The maximum atomic E-state index is 5.42. The van der Waals surface area contributed by atoms with Gasteiger partial charge in [0, 0.05) is 32.3 Å². The van der Waals surface area contributed by atoms with Crippen LogP contribution in [0.15, 0.2) is 18.2 Å². The van der Waals surface area contributed by atoms with Gasteiger partial charge in [0.05, 0.1) is 0 Å². The van der Waals surface area contributed by atoms with Crippen LogP contribution in [-0.4, -0.2) is 35.8 Å². The van der Waals surface area contributed by atoms with E-state index in [1.54, 1.807) is 0 Å². The Bertz CT molecular complexity index is 748. The van der Waals surface area contributed by atoms with Crippen molar-refractivity contribution in [3.63, 3.8) is 0 Å². The molecule has 1 atom stereocenters. The zero-order chi connectivity index (χ0) is 18.0. The minimum absolute atomic E-state index is 0.257. The van der Waals surface area contributed by atoms with Crippen molar-refractivity contribution in [1.82, 2.24) is 15.0 Å². The number of benzene rings is 1. The number of anilines is 3. The van der Waals surface area contributed by atoms with Crippen molar-refractivity contribution in [2.24, 2.45) is 11.8 Å². The molecule has 0 spiro atoms. The van der Waals surface area contributed by atoms with E-state index in [1.807, 2.05) is 37.2 Å². The average Bonchev–Trinajstić information content (AvgIpc) is 3.02. The standard InChI is InChI=1S/C18H25N5O2/c1-11(2)12(3)8-16-20-17(22-18(21-16)23(4)5)19-13-6-7-14-15(9-13)25-10-24-14/h6-7,9,11-12H,8,10H2,1-5H3,(H,19,20,21,22). The van der Waals surface area contributed by atoms with Gasteiger partial charge in [-0.2, -0.15) is 15.0 Å². The number of rotatable bonds is 6. The van der Waals surface area contributed by atoms with Crippen LogP contribution in [0, 0.1) is 11.8 Å². The molecule has 2 aromatic rings. The number of hydrogen-bond donors (Lipinski definition) is 1. The van der Waals surface area contributed by atoms with Crippen molar-refractivity contribution in [3.05, 3.63) is 24.0 Å². The first-order chi connectivity index (χ1) is 11.9. The molecule has 0 fully saturated rings. The fraction of sp³-hybridized carbons (Fsp3) is 0.500. The summed E-state index contributed by atoms with van der Waals surface area (Å²) in [5, 5.41) is 3.25. The van der Waals surface area contributed by atoms with Gasteiger partial charge in [0.15, 0.2) is 11.5 Å². The molecule has 7 nitrogen and oxygen atoms in total. The topological polar surface area (TPSA) is 72.4 Å². The summed E-state index contributed by atoms with van der Waals surface area (Å²) in [6, 6.07) is 5.68. The highest BCUT2D eigenvalue weighted by Crippen LogP contribution is 2.34. The van der Waals surface area contributed by atoms with E-state index in [1.165, 1.54) is 0 Å². The van der Waals surface area contributed by atoms with Gasteiger partial charge in [-0.05, 0) is 24.0 Å². The third-order valence-corrected chi connectivity index (χ3v) is 4.34. The number of nitrogens with one attached hydrogen (secondary N) is 1. The van der Waals surface area contributed by atoms with Crippen LogP contribution in [0.1, 0.15) is 26.6 Å². The summed E-state index contributed by atoms with van der Waals surface area (Å²) < 4.78 is 10.8. The van der Waals surface area contributed by atoms with Crippen LogP contribution < -0.4 is 19.7 Å². The van der Waals surface area contributed by atoms with Gasteiger partial charge in [0.25, 0.3) is 0 Å². The van der Waals surface area contributed by atoms with Crippen molar-refractivity contribution in [2.75, 3.05) is 31.1 Å². The Morgan fingerprint density at radius 1 is 1.08 bits per heavy atom. The quantitative estimate of drug-likeness (QED) is 0.863. The molecule has 0 saturated carbocycles. The van der Waals surface area contributed by atoms with Crippen molar-refractivity contribution in [1.29, 1.82) is 0 Å². The van der Waals surface area contributed by atoms with E-state index in [-0.39, 0.29) is 6.79 Å². The zero-order valence-electron chi connectivity index (χ0n) is 15.4. The summed E-state index contributed by atoms with van der Waals surface area (Å²) in [4.78, 5) is 15.5. The number of aromatic nitrogens is 3. The maximum Gasteiger partial charge on any atom is 0.232 e. The highest BCUT2D eigenvalue weighted by Gasteiger charge is 2.16. The molecule has 0 radical (unpaired) electrons. The molecule has 0 saturated heterocycles. The third kappa shape index (κ3) is 4.10. The first-order valence-electron chi connectivity index (χ1n) is 8.51. The van der Waals surface area contributed by atoms with E-state index in [4.69, 9.17) is 9.47 Å². The minimum Gasteiger partial charge on any atom is -0.454 e. The Labute approximate surface area is 148 Å². The lowest BCUT2D eigenvalue weighted by Gasteiger charge is -2.17. The molecule has 1 N–H and O–H groups in total. The Balaban J connectivity index is 1.85. The van der Waals surface area contributed by atoms with E-state index in [0.29, 0.717) is 23.7 Å². The SMILES string of the molecule is CC(C)C(C)Cc1nc(Nc2ccc3c(c2)OCO3)nc(N(C)C)n1. The molecule has 1 unspecified atom stereocenters. The summed E-state index contributed by atoms with van der Waals surface area (Å²) in [6.07, 6.45) is 0.816. The number of fused-ring (bicyclic) bond motifs is 1. The fourth-order valence-electron chi connectivity index (χ4n) is 2.38. The van der Waals surface area contributed by atoms with Crippen LogP contribution in [0.3, 0.4) is 0 Å². The maximum absolute atomic E-state index is 5.42. The van der Waals surface area contributed by atoms with Gasteiger partial charge in [-0.1, -0.05) is 20.8 Å². The molecule has 0 amide bonds. The van der Waals surface area contributed by atoms with E-state index in [0.717, 1.165) is 29.4 Å². The summed E-state index contributed by atoms with van der Waals surface area (Å²) in [7, 11) is 3.85. The van der Waals surface area contributed by atoms with E-state index in [9.17, 15) is 0 Å². The Kier molecular flexibility index (Phi) is 4.92. The van der Waals surface area contributed by atoms with Crippen LogP contribution in [0.4, 0.5) is 17.6 Å². The van der Waals surface area contributed by atoms with Gasteiger partial charge in [-0.25, -0.2) is 0 Å². The molecule has 3 rings (SSSR count). The average molecular weight is 343 g/mol. The van der Waals surface area contributed by atoms with Gasteiger partial charge >= 0.3 is 0 Å². The van der Waals surface area contributed by atoms with Crippen LogP contribution in [0.5, 0.6) is 11.5 Å². The lowest BCUT2D eigenvalue weighted by molar-refractivity contribution is 0.174. The fourth-order valence-corrected chi connectivity index (χ4v) is 2.38. The Morgan fingerprint density at radius 3 is 2.56 bits per heavy atom. The first kappa shape index (κ1) is 17.3. The van der Waals surface area contributed by atoms with Crippen LogP contribution >= 0.6 is 0 Å². The smallest absolute Gasteiger partial charge is 0.232 e. The van der Waals surface area contributed by atoms with Gasteiger partial charge < -0.3 is 19.7 Å². The highest BCUT2D eigenvalue weighted by atomic mass is 16.7. The molecule has 7 heteroatoms. The molecule has 1 aliphatic rings. The predicted octanol–water partition coefficient (Wildman–Crippen LogP) is 3.24. The van der Waals surface area contributed by atoms with E-state index >= 15 is 0 Å². The highest BCUT2D eigenvalue weighted by molar-refractivity contribution is 5.60. The third-order valence-electron chi connectivity index (χ3n) is 4.34. The molecular weight excluding hydrogens is 318 g/mol. The molecule has 2 heterocycles. The van der Waals surface area contributed by atoms with E-state index in [2.05, 4.69) is 41.0 Å². The normalized spacial score (nSPS) is 13.8. The minimum atomic E-state index is 0.257. The Hall–Kier alpha value is -2.57. The lowest BCUT2D eigenvalue weighted by atomic mass is 9.94. The summed E-state index contributed by atoms with van der Waals surface area (Å²) in [5.41, 5.74) is 0.850. The summed E-state index contributed by atoms with van der Waals surface area (Å²) in [6.45, 7) is 6.90.